The van der Waals surface area contributed by atoms with Crippen molar-refractivity contribution in [2.45, 2.75) is 70.4 Å². The van der Waals surface area contributed by atoms with Gasteiger partial charge in [0.25, 0.3) is 21.8 Å². The molecule has 0 saturated carbocycles. The molecule has 1 aliphatic rings. The van der Waals surface area contributed by atoms with Crippen molar-refractivity contribution in [1.82, 2.24) is 19.6 Å². The standard InChI is InChI=1S/C41H45N5O5S/c1-4-6-20-45(21-7-5-2)41-42-19-18-38(43-41)36-17-15-31(25-37(36)40(49)46-26-32-11-9-8-10-30(32)23-34(46)27-47)39(48)44-52(50,51)35-16-14-29-13-12-28(3)22-33(29)24-35/h8-19,22,24-25,34,47H,4-7,20-21,23,26-27H2,1-3H3,(H,44,48)/t34-/m0/s1. The van der Waals surface area contributed by atoms with Gasteiger partial charge in [-0.05, 0) is 78.4 Å². The van der Waals surface area contributed by atoms with E-state index in [1.54, 1.807) is 29.3 Å². The molecule has 1 aromatic heterocycles. The van der Waals surface area contributed by atoms with Crippen molar-refractivity contribution < 1.29 is 23.1 Å². The zero-order valence-corrected chi connectivity index (χ0v) is 30.7. The summed E-state index contributed by atoms with van der Waals surface area (Å²) in [7, 11) is -4.26. The Morgan fingerprint density at radius 3 is 2.37 bits per heavy atom. The molecule has 6 rings (SSSR count). The smallest absolute Gasteiger partial charge is 0.265 e. The number of anilines is 1. The number of hydrogen-bond acceptors (Lipinski definition) is 8. The summed E-state index contributed by atoms with van der Waals surface area (Å²) in [6, 6.07) is 24.1. The minimum Gasteiger partial charge on any atom is -0.394 e. The Bertz CT molecular complexity index is 2200. The van der Waals surface area contributed by atoms with Crippen LogP contribution in [-0.2, 0) is 23.0 Å². The molecule has 2 N–H and O–H groups in total. The summed E-state index contributed by atoms with van der Waals surface area (Å²) >= 11 is 0. The zero-order valence-electron chi connectivity index (χ0n) is 29.9. The maximum Gasteiger partial charge on any atom is 0.265 e. The highest BCUT2D eigenvalue weighted by Gasteiger charge is 2.32. The fraction of sp³-hybridized carbons (Fsp3) is 0.317. The van der Waals surface area contributed by atoms with Crippen molar-refractivity contribution in [3.63, 3.8) is 0 Å². The van der Waals surface area contributed by atoms with Crippen molar-refractivity contribution in [1.29, 1.82) is 0 Å². The fourth-order valence-corrected chi connectivity index (χ4v) is 7.65. The van der Waals surface area contributed by atoms with Gasteiger partial charge in [-0.15, -0.1) is 0 Å². The van der Waals surface area contributed by atoms with E-state index in [2.05, 4.69) is 28.5 Å². The van der Waals surface area contributed by atoms with Crippen LogP contribution in [0.2, 0.25) is 0 Å². The molecule has 0 saturated heterocycles. The Morgan fingerprint density at radius 1 is 0.904 bits per heavy atom. The number of aliphatic hydroxyl groups is 1. The van der Waals surface area contributed by atoms with E-state index in [-0.39, 0.29) is 29.2 Å². The third-order valence-electron chi connectivity index (χ3n) is 9.61. The molecule has 1 aliphatic heterocycles. The van der Waals surface area contributed by atoms with Crippen molar-refractivity contribution in [3.05, 3.63) is 119 Å². The van der Waals surface area contributed by atoms with E-state index in [0.717, 1.165) is 66.2 Å². The Morgan fingerprint density at radius 2 is 1.63 bits per heavy atom. The Hall–Kier alpha value is -5.13. The number of aliphatic hydroxyl groups excluding tert-OH is 1. The van der Waals surface area contributed by atoms with Crippen LogP contribution in [0.25, 0.3) is 22.0 Å². The normalized spacial score (nSPS) is 14.2. The lowest BCUT2D eigenvalue weighted by Gasteiger charge is -2.36. The first-order chi connectivity index (χ1) is 25.1. The number of nitrogens with zero attached hydrogens (tertiary/aromatic N) is 4. The third-order valence-corrected chi connectivity index (χ3v) is 10.9. The molecule has 4 aromatic carbocycles. The van der Waals surface area contributed by atoms with Gasteiger partial charge in [0.2, 0.25) is 5.95 Å². The molecular weight excluding hydrogens is 675 g/mol. The number of hydrogen-bond donors (Lipinski definition) is 2. The van der Waals surface area contributed by atoms with Gasteiger partial charge in [-0.3, -0.25) is 9.59 Å². The van der Waals surface area contributed by atoms with Gasteiger partial charge in [-0.25, -0.2) is 23.1 Å². The number of unbranched alkanes of at least 4 members (excludes halogenated alkanes) is 2. The van der Waals surface area contributed by atoms with Crippen molar-refractivity contribution in [3.8, 4) is 11.3 Å². The number of carbonyl (C=O) groups is 2. The molecule has 0 fully saturated rings. The summed E-state index contributed by atoms with van der Waals surface area (Å²) in [4.78, 5) is 41.5. The van der Waals surface area contributed by atoms with Crippen molar-refractivity contribution in [2.24, 2.45) is 0 Å². The number of amides is 2. The van der Waals surface area contributed by atoms with Crippen LogP contribution in [0.3, 0.4) is 0 Å². The molecule has 2 heterocycles. The van der Waals surface area contributed by atoms with Crippen LogP contribution >= 0.6 is 0 Å². The Kier molecular flexibility index (Phi) is 11.3. The average Bonchev–Trinajstić information content (AvgIpc) is 3.16. The Balaban J connectivity index is 1.39. The summed E-state index contributed by atoms with van der Waals surface area (Å²) in [6.07, 6.45) is 6.14. The maximum atomic E-state index is 14.6. The number of nitrogens with one attached hydrogen (secondary N) is 1. The average molecular weight is 720 g/mol. The lowest BCUT2D eigenvalue weighted by atomic mass is 9.92. The summed E-state index contributed by atoms with van der Waals surface area (Å²) in [5.41, 5.74) is 4.14. The third kappa shape index (κ3) is 8.00. The molecule has 0 radical (unpaired) electrons. The van der Waals surface area contributed by atoms with Crippen LogP contribution in [-0.4, -0.2) is 65.9 Å². The second-order valence-corrected chi connectivity index (χ2v) is 15.1. The molecule has 10 nitrogen and oxygen atoms in total. The van der Waals surface area contributed by atoms with Crippen molar-refractivity contribution in [2.75, 3.05) is 24.6 Å². The maximum absolute atomic E-state index is 14.6. The molecular formula is C41H45N5O5S. The summed E-state index contributed by atoms with van der Waals surface area (Å²) < 4.78 is 29.2. The first-order valence-corrected chi connectivity index (χ1v) is 19.4. The van der Waals surface area contributed by atoms with E-state index in [1.165, 1.54) is 24.3 Å². The van der Waals surface area contributed by atoms with Gasteiger partial charge in [0, 0.05) is 42.5 Å². The fourth-order valence-electron chi connectivity index (χ4n) is 6.64. The molecule has 0 unspecified atom stereocenters. The lowest BCUT2D eigenvalue weighted by molar-refractivity contribution is 0.0545. The molecule has 11 heteroatoms. The zero-order chi connectivity index (χ0) is 36.8. The molecule has 52 heavy (non-hydrogen) atoms. The quantitative estimate of drug-likeness (QED) is 0.138. The number of carbonyl (C=O) groups excluding carboxylic acids is 2. The second kappa shape index (κ2) is 16.0. The molecule has 0 spiro atoms. The molecule has 270 valence electrons. The highest BCUT2D eigenvalue weighted by atomic mass is 32.2. The first-order valence-electron chi connectivity index (χ1n) is 17.9. The summed E-state index contributed by atoms with van der Waals surface area (Å²) in [6.45, 7) is 7.80. The minimum atomic E-state index is -4.26. The van der Waals surface area contributed by atoms with Gasteiger partial charge in [0.05, 0.1) is 23.2 Å². The van der Waals surface area contributed by atoms with Gasteiger partial charge in [0.1, 0.15) is 0 Å². The summed E-state index contributed by atoms with van der Waals surface area (Å²) in [5.74, 6) is -0.724. The predicted molar refractivity (Wildman–Crippen MR) is 204 cm³/mol. The lowest BCUT2D eigenvalue weighted by Crippen LogP contribution is -2.46. The van der Waals surface area contributed by atoms with E-state index < -0.39 is 27.9 Å². The first kappa shape index (κ1) is 36.7. The van der Waals surface area contributed by atoms with Gasteiger partial charge < -0.3 is 14.9 Å². The van der Waals surface area contributed by atoms with E-state index in [1.807, 2.05) is 49.4 Å². The number of aromatic nitrogens is 2. The highest BCUT2D eigenvalue weighted by molar-refractivity contribution is 7.90. The largest absolute Gasteiger partial charge is 0.394 e. The van der Waals surface area contributed by atoms with E-state index in [4.69, 9.17) is 4.98 Å². The van der Waals surface area contributed by atoms with Crippen LogP contribution in [0.5, 0.6) is 0 Å². The van der Waals surface area contributed by atoms with Crippen molar-refractivity contribution >= 4 is 38.6 Å². The van der Waals surface area contributed by atoms with E-state index in [0.29, 0.717) is 23.6 Å². The molecule has 5 aromatic rings. The molecule has 0 bridgehead atoms. The SMILES string of the molecule is CCCCN(CCCC)c1nccc(-c2ccc(C(=O)NS(=O)(=O)c3ccc4ccc(C)cc4c3)cc2C(=O)N2Cc3ccccc3C[C@H]2CO)n1. The molecule has 0 aliphatic carbocycles. The van der Waals surface area contributed by atoms with Gasteiger partial charge >= 0.3 is 0 Å². The van der Waals surface area contributed by atoms with Crippen LogP contribution in [0, 0.1) is 6.92 Å². The number of sulfonamides is 1. The highest BCUT2D eigenvalue weighted by Crippen LogP contribution is 2.31. The van der Waals surface area contributed by atoms with Gasteiger partial charge in [-0.2, -0.15) is 0 Å². The number of rotatable bonds is 13. The monoisotopic (exact) mass is 719 g/mol. The topological polar surface area (TPSA) is 133 Å². The van der Waals surface area contributed by atoms with E-state index >= 15 is 0 Å². The predicted octanol–water partition coefficient (Wildman–Crippen LogP) is 6.69. The second-order valence-electron chi connectivity index (χ2n) is 13.4. The molecule has 2 amide bonds. The molecule has 1 atom stereocenters. The summed E-state index contributed by atoms with van der Waals surface area (Å²) in [5, 5.41) is 12.0. The van der Waals surface area contributed by atoms with Gasteiger partial charge in [-0.1, -0.05) is 86.8 Å². The van der Waals surface area contributed by atoms with E-state index in [9.17, 15) is 23.1 Å². The Labute approximate surface area is 305 Å². The number of benzene rings is 4. The van der Waals surface area contributed by atoms with Crippen LogP contribution in [0.1, 0.15) is 76.9 Å². The van der Waals surface area contributed by atoms with Crippen LogP contribution in [0.15, 0.2) is 96.0 Å². The minimum absolute atomic E-state index is 0.00735. The number of aryl methyl sites for hydroxylation is 1. The van der Waals surface area contributed by atoms with Crippen LogP contribution in [0.4, 0.5) is 5.95 Å². The number of fused-ring (bicyclic) bond motifs is 2. The van der Waals surface area contributed by atoms with Crippen LogP contribution < -0.4 is 9.62 Å². The van der Waals surface area contributed by atoms with Gasteiger partial charge in [0.15, 0.2) is 0 Å².